The van der Waals surface area contributed by atoms with Crippen molar-refractivity contribution in [3.05, 3.63) is 24.0 Å². The van der Waals surface area contributed by atoms with E-state index in [0.29, 0.717) is 0 Å². The maximum atomic E-state index is 5.19. The van der Waals surface area contributed by atoms with Crippen molar-refractivity contribution in [1.29, 1.82) is 0 Å². The number of rotatable bonds is 6. The van der Waals surface area contributed by atoms with Gasteiger partial charge in [-0.15, -0.1) is 0 Å². The predicted octanol–water partition coefficient (Wildman–Crippen LogP) is 1.48. The molecule has 1 aromatic heterocycles. The van der Waals surface area contributed by atoms with E-state index in [1.807, 2.05) is 12.4 Å². The molecule has 0 saturated carbocycles. The van der Waals surface area contributed by atoms with Gasteiger partial charge >= 0.3 is 0 Å². The molecule has 5 nitrogen and oxygen atoms in total. The third kappa shape index (κ3) is 4.43. The fourth-order valence-electron chi connectivity index (χ4n) is 3.84. The summed E-state index contributed by atoms with van der Waals surface area (Å²) in [6, 6.07) is 2.15. The molecule has 0 bridgehead atoms. The van der Waals surface area contributed by atoms with Gasteiger partial charge in [0.2, 0.25) is 0 Å². The van der Waals surface area contributed by atoms with E-state index in [0.717, 1.165) is 32.2 Å². The molecule has 1 unspecified atom stereocenters. The summed E-state index contributed by atoms with van der Waals surface area (Å²) in [5.74, 6) is 0.834. The average molecular weight is 318 g/mol. The fourth-order valence-corrected chi connectivity index (χ4v) is 3.84. The molecule has 0 N–H and O–H groups in total. The van der Waals surface area contributed by atoms with E-state index in [-0.39, 0.29) is 0 Å². The highest BCUT2D eigenvalue weighted by Gasteiger charge is 2.26. The Morgan fingerprint density at radius 2 is 2.00 bits per heavy atom. The zero-order chi connectivity index (χ0) is 16.1. The van der Waals surface area contributed by atoms with Crippen LogP contribution in [0, 0.1) is 12.8 Å². The SMILES string of the molecule is COCCN1CCC(CN2CCN(c3ccncc3C)CC2)C1. The van der Waals surface area contributed by atoms with E-state index < -0.39 is 0 Å². The van der Waals surface area contributed by atoms with Gasteiger partial charge < -0.3 is 14.5 Å². The van der Waals surface area contributed by atoms with Crippen LogP contribution in [0.15, 0.2) is 18.5 Å². The first-order chi connectivity index (χ1) is 11.3. The van der Waals surface area contributed by atoms with Crippen molar-refractivity contribution < 1.29 is 4.74 Å². The van der Waals surface area contributed by atoms with E-state index in [2.05, 4.69) is 32.7 Å². The minimum Gasteiger partial charge on any atom is -0.383 e. The predicted molar refractivity (Wildman–Crippen MR) is 94.1 cm³/mol. The topological polar surface area (TPSA) is 31.8 Å². The molecule has 2 fully saturated rings. The van der Waals surface area contributed by atoms with Crippen molar-refractivity contribution in [1.82, 2.24) is 14.8 Å². The number of methoxy groups -OCH3 is 1. The van der Waals surface area contributed by atoms with Crippen molar-refractivity contribution >= 4 is 5.69 Å². The summed E-state index contributed by atoms with van der Waals surface area (Å²) < 4.78 is 5.19. The molecule has 2 aliphatic rings. The molecule has 128 valence electrons. The van der Waals surface area contributed by atoms with Crippen LogP contribution < -0.4 is 4.90 Å². The van der Waals surface area contributed by atoms with E-state index in [4.69, 9.17) is 4.74 Å². The van der Waals surface area contributed by atoms with E-state index in [1.165, 1.54) is 50.4 Å². The number of aromatic nitrogens is 1. The quantitative estimate of drug-likeness (QED) is 0.793. The first-order valence-corrected chi connectivity index (χ1v) is 8.85. The lowest BCUT2D eigenvalue weighted by Crippen LogP contribution is -2.48. The maximum Gasteiger partial charge on any atom is 0.0589 e. The maximum absolute atomic E-state index is 5.19. The third-order valence-electron chi connectivity index (χ3n) is 5.20. The number of ether oxygens (including phenoxy) is 1. The van der Waals surface area contributed by atoms with Gasteiger partial charge in [-0.3, -0.25) is 9.88 Å². The van der Waals surface area contributed by atoms with Crippen LogP contribution >= 0.6 is 0 Å². The summed E-state index contributed by atoms with van der Waals surface area (Å²) in [5, 5.41) is 0. The number of hydrogen-bond donors (Lipinski definition) is 0. The molecule has 3 heterocycles. The molecule has 0 aromatic carbocycles. The summed E-state index contributed by atoms with van der Waals surface area (Å²) in [4.78, 5) is 11.9. The summed E-state index contributed by atoms with van der Waals surface area (Å²) >= 11 is 0. The van der Waals surface area contributed by atoms with Gasteiger partial charge in [0, 0.05) is 71.0 Å². The molecule has 1 aromatic rings. The highest BCUT2D eigenvalue weighted by molar-refractivity contribution is 5.51. The Balaban J connectivity index is 1.42. The number of nitrogens with zero attached hydrogens (tertiary/aromatic N) is 4. The van der Waals surface area contributed by atoms with Crippen molar-refractivity contribution in [3.8, 4) is 0 Å². The first kappa shape index (κ1) is 16.7. The number of hydrogen-bond acceptors (Lipinski definition) is 5. The van der Waals surface area contributed by atoms with Gasteiger partial charge in [0.1, 0.15) is 0 Å². The lowest BCUT2D eigenvalue weighted by molar-refractivity contribution is 0.155. The summed E-state index contributed by atoms with van der Waals surface area (Å²) in [6.07, 6.45) is 5.21. The highest BCUT2D eigenvalue weighted by Crippen LogP contribution is 2.22. The van der Waals surface area contributed by atoms with Crippen LogP contribution in [0.2, 0.25) is 0 Å². The third-order valence-corrected chi connectivity index (χ3v) is 5.20. The molecule has 3 rings (SSSR count). The zero-order valence-electron chi connectivity index (χ0n) is 14.6. The van der Waals surface area contributed by atoms with Gasteiger partial charge in [0.25, 0.3) is 0 Å². The summed E-state index contributed by atoms with van der Waals surface area (Å²) in [6.45, 7) is 12.5. The molecule has 1 atom stereocenters. The Kier molecular flexibility index (Phi) is 5.86. The van der Waals surface area contributed by atoms with Crippen molar-refractivity contribution in [3.63, 3.8) is 0 Å². The van der Waals surface area contributed by atoms with Crippen LogP contribution in [0.1, 0.15) is 12.0 Å². The molecule has 0 spiro atoms. The monoisotopic (exact) mass is 318 g/mol. The Labute approximate surface area is 140 Å². The van der Waals surface area contributed by atoms with Crippen LogP contribution in [0.5, 0.6) is 0 Å². The zero-order valence-corrected chi connectivity index (χ0v) is 14.6. The highest BCUT2D eigenvalue weighted by atomic mass is 16.5. The molecule has 0 aliphatic carbocycles. The van der Waals surface area contributed by atoms with Crippen LogP contribution in [-0.4, -0.2) is 80.9 Å². The molecule has 23 heavy (non-hydrogen) atoms. The van der Waals surface area contributed by atoms with Crippen molar-refractivity contribution in [2.75, 3.05) is 71.0 Å². The lowest BCUT2D eigenvalue weighted by Gasteiger charge is -2.37. The molecule has 2 saturated heterocycles. The molecular formula is C18H30N4O. The molecular weight excluding hydrogens is 288 g/mol. The van der Waals surface area contributed by atoms with Gasteiger partial charge in [-0.2, -0.15) is 0 Å². The van der Waals surface area contributed by atoms with E-state index in [9.17, 15) is 0 Å². The number of piperazine rings is 1. The average Bonchev–Trinajstić information content (AvgIpc) is 3.02. The number of aryl methyl sites for hydroxylation is 1. The van der Waals surface area contributed by atoms with Gasteiger partial charge in [0.15, 0.2) is 0 Å². The smallest absolute Gasteiger partial charge is 0.0589 e. The normalized spacial score (nSPS) is 23.6. The largest absolute Gasteiger partial charge is 0.383 e. The summed E-state index contributed by atoms with van der Waals surface area (Å²) in [7, 11) is 1.79. The van der Waals surface area contributed by atoms with Gasteiger partial charge in [-0.05, 0) is 37.4 Å². The second-order valence-corrected chi connectivity index (χ2v) is 6.90. The Hall–Kier alpha value is -1.17. The summed E-state index contributed by atoms with van der Waals surface area (Å²) in [5.41, 5.74) is 2.64. The molecule has 2 aliphatic heterocycles. The second kappa shape index (κ2) is 8.08. The van der Waals surface area contributed by atoms with Crippen molar-refractivity contribution in [2.45, 2.75) is 13.3 Å². The Morgan fingerprint density at radius 3 is 2.74 bits per heavy atom. The molecule has 5 heteroatoms. The Morgan fingerprint density at radius 1 is 1.17 bits per heavy atom. The van der Waals surface area contributed by atoms with Crippen LogP contribution in [0.4, 0.5) is 5.69 Å². The van der Waals surface area contributed by atoms with Gasteiger partial charge in [0.05, 0.1) is 6.61 Å². The molecule has 0 amide bonds. The standard InChI is InChI=1S/C18H30N4O/c1-16-13-19-5-3-18(16)22-9-7-21(8-10-22)15-17-4-6-20(14-17)11-12-23-2/h3,5,13,17H,4,6-12,14-15H2,1-2H3. The lowest BCUT2D eigenvalue weighted by atomic mass is 10.1. The minimum absolute atomic E-state index is 0.834. The number of anilines is 1. The van der Waals surface area contributed by atoms with Crippen LogP contribution in [0.3, 0.4) is 0 Å². The van der Waals surface area contributed by atoms with Crippen LogP contribution in [0.25, 0.3) is 0 Å². The molecule has 0 radical (unpaired) electrons. The first-order valence-electron chi connectivity index (χ1n) is 8.85. The minimum atomic E-state index is 0.834. The van der Waals surface area contributed by atoms with Crippen molar-refractivity contribution in [2.24, 2.45) is 5.92 Å². The fraction of sp³-hybridized carbons (Fsp3) is 0.722. The van der Waals surface area contributed by atoms with Crippen LogP contribution in [-0.2, 0) is 4.74 Å². The van der Waals surface area contributed by atoms with E-state index >= 15 is 0 Å². The number of pyridine rings is 1. The van der Waals surface area contributed by atoms with E-state index in [1.54, 1.807) is 7.11 Å². The van der Waals surface area contributed by atoms with Gasteiger partial charge in [-0.1, -0.05) is 0 Å². The second-order valence-electron chi connectivity index (χ2n) is 6.90. The van der Waals surface area contributed by atoms with Gasteiger partial charge in [-0.25, -0.2) is 0 Å². The Bertz CT molecular complexity index is 488. The number of likely N-dealkylation sites (tertiary alicyclic amines) is 1.